The van der Waals surface area contributed by atoms with Gasteiger partial charge in [-0.05, 0) is 70.0 Å². The lowest BCUT2D eigenvalue weighted by Gasteiger charge is -2.30. The van der Waals surface area contributed by atoms with E-state index >= 15 is 0 Å². The molecule has 2 N–H and O–H groups in total. The van der Waals surface area contributed by atoms with E-state index in [9.17, 15) is 4.79 Å². The molecular weight excluding hydrogens is 380 g/mol. The van der Waals surface area contributed by atoms with Crippen molar-refractivity contribution in [2.24, 2.45) is 5.92 Å². The highest BCUT2D eigenvalue weighted by Crippen LogP contribution is 2.24. The number of benzene rings is 1. The van der Waals surface area contributed by atoms with Gasteiger partial charge in [-0.3, -0.25) is 9.69 Å². The molecule has 1 saturated heterocycles. The second kappa shape index (κ2) is 9.72. The summed E-state index contributed by atoms with van der Waals surface area (Å²) in [6.45, 7) is 4.86. The van der Waals surface area contributed by atoms with E-state index in [2.05, 4.69) is 38.0 Å². The molecule has 0 unspecified atom stereocenters. The van der Waals surface area contributed by atoms with Gasteiger partial charge in [0.25, 0.3) is 0 Å². The summed E-state index contributed by atoms with van der Waals surface area (Å²) >= 11 is 1.70. The number of amides is 1. The fourth-order valence-electron chi connectivity index (χ4n) is 4.44. The first-order valence-electron chi connectivity index (χ1n) is 11.0. The minimum Gasteiger partial charge on any atom is -0.382 e. The summed E-state index contributed by atoms with van der Waals surface area (Å²) < 4.78 is 0. The van der Waals surface area contributed by atoms with Gasteiger partial charge in [0.15, 0.2) is 0 Å². The first-order valence-corrected chi connectivity index (χ1v) is 11.8. The molecule has 0 radical (unpaired) electrons. The maximum atomic E-state index is 12.7. The van der Waals surface area contributed by atoms with Crippen LogP contribution in [0, 0.1) is 12.8 Å². The number of nitrogens with one attached hydrogen (secondary N) is 2. The van der Waals surface area contributed by atoms with Crippen molar-refractivity contribution in [3.8, 4) is 0 Å². The Labute approximate surface area is 177 Å². The third-order valence-corrected chi connectivity index (χ3v) is 6.96. The third-order valence-electron chi connectivity index (χ3n) is 6.14. The zero-order valence-electron chi connectivity index (χ0n) is 17.3. The van der Waals surface area contributed by atoms with Crippen molar-refractivity contribution in [1.82, 2.24) is 9.88 Å². The largest absolute Gasteiger partial charge is 0.382 e. The second-order valence-electron chi connectivity index (χ2n) is 8.45. The summed E-state index contributed by atoms with van der Waals surface area (Å²) in [6, 6.07) is 8.80. The van der Waals surface area contributed by atoms with Crippen LogP contribution in [0.15, 0.2) is 29.6 Å². The maximum Gasteiger partial charge on any atom is 0.227 e. The van der Waals surface area contributed by atoms with Gasteiger partial charge in [0, 0.05) is 35.3 Å². The Morgan fingerprint density at radius 1 is 1.07 bits per heavy atom. The van der Waals surface area contributed by atoms with Gasteiger partial charge in [-0.2, -0.15) is 0 Å². The monoisotopic (exact) mass is 412 g/mol. The number of anilines is 2. The molecule has 0 atom stereocenters. The molecule has 5 nitrogen and oxygen atoms in total. The van der Waals surface area contributed by atoms with Crippen LogP contribution in [0.25, 0.3) is 0 Å². The molecule has 1 aliphatic carbocycles. The number of carbonyl (C=O) groups excluding carboxylic acids is 1. The summed E-state index contributed by atoms with van der Waals surface area (Å²) in [7, 11) is 0. The fraction of sp³-hybridized carbons (Fsp3) is 0.565. The Bertz CT molecular complexity index is 789. The molecular formula is C23H32N4OS. The SMILES string of the molecule is Cc1nc(CN2CCC(C(=O)Nc3ccc(NC4CCCCC4)cc3)CC2)cs1. The topological polar surface area (TPSA) is 57.3 Å². The van der Waals surface area contributed by atoms with Gasteiger partial charge in [0.1, 0.15) is 0 Å². The van der Waals surface area contributed by atoms with E-state index in [0.717, 1.165) is 54.6 Å². The number of carbonyl (C=O) groups is 1. The van der Waals surface area contributed by atoms with Gasteiger partial charge in [-0.1, -0.05) is 19.3 Å². The molecule has 6 heteroatoms. The van der Waals surface area contributed by atoms with Gasteiger partial charge in [0.2, 0.25) is 5.91 Å². The number of thiazole rings is 1. The molecule has 2 fully saturated rings. The van der Waals surface area contributed by atoms with Crippen molar-refractivity contribution < 1.29 is 4.79 Å². The van der Waals surface area contributed by atoms with Crippen LogP contribution in [0.5, 0.6) is 0 Å². The van der Waals surface area contributed by atoms with Gasteiger partial charge in [0.05, 0.1) is 10.7 Å². The fourth-order valence-corrected chi connectivity index (χ4v) is 5.04. The van der Waals surface area contributed by atoms with E-state index in [1.165, 1.54) is 32.1 Å². The van der Waals surface area contributed by atoms with E-state index in [1.807, 2.05) is 19.1 Å². The second-order valence-corrected chi connectivity index (χ2v) is 9.52. The Morgan fingerprint density at radius 2 is 1.76 bits per heavy atom. The smallest absolute Gasteiger partial charge is 0.227 e. The molecule has 1 aliphatic heterocycles. The highest BCUT2D eigenvalue weighted by atomic mass is 32.1. The van der Waals surface area contributed by atoms with Crippen LogP contribution < -0.4 is 10.6 Å². The summed E-state index contributed by atoms with van der Waals surface area (Å²) in [6.07, 6.45) is 8.37. The van der Waals surface area contributed by atoms with E-state index in [4.69, 9.17) is 0 Å². The molecule has 1 aromatic carbocycles. The number of hydrogen-bond donors (Lipinski definition) is 2. The van der Waals surface area contributed by atoms with Gasteiger partial charge in [-0.25, -0.2) is 4.98 Å². The molecule has 156 valence electrons. The lowest BCUT2D eigenvalue weighted by atomic mass is 9.95. The maximum absolute atomic E-state index is 12.7. The molecule has 2 aromatic rings. The lowest BCUT2D eigenvalue weighted by Crippen LogP contribution is -2.37. The molecule has 1 amide bonds. The third kappa shape index (κ3) is 5.80. The molecule has 4 rings (SSSR count). The Kier molecular flexibility index (Phi) is 6.82. The first kappa shape index (κ1) is 20.4. The van der Waals surface area contributed by atoms with Gasteiger partial charge < -0.3 is 10.6 Å². The van der Waals surface area contributed by atoms with Crippen molar-refractivity contribution in [3.05, 3.63) is 40.3 Å². The molecule has 29 heavy (non-hydrogen) atoms. The average Bonchev–Trinajstić information content (AvgIpc) is 3.15. The molecule has 2 aliphatic rings. The number of aromatic nitrogens is 1. The predicted molar refractivity (Wildman–Crippen MR) is 120 cm³/mol. The zero-order valence-corrected chi connectivity index (χ0v) is 18.1. The molecule has 2 heterocycles. The lowest BCUT2D eigenvalue weighted by molar-refractivity contribution is -0.121. The van der Waals surface area contributed by atoms with Crippen molar-refractivity contribution in [1.29, 1.82) is 0 Å². The Hall–Kier alpha value is -1.92. The van der Waals surface area contributed by atoms with Crippen molar-refractivity contribution in [3.63, 3.8) is 0 Å². The summed E-state index contributed by atoms with van der Waals surface area (Å²) in [5.74, 6) is 0.255. The molecule has 1 aromatic heterocycles. The number of likely N-dealkylation sites (tertiary alicyclic amines) is 1. The molecule has 0 bridgehead atoms. The number of piperidine rings is 1. The van der Waals surface area contributed by atoms with E-state index < -0.39 is 0 Å². The average molecular weight is 413 g/mol. The summed E-state index contributed by atoms with van der Waals surface area (Å²) in [5, 5.41) is 10.0. The minimum atomic E-state index is 0.100. The van der Waals surface area contributed by atoms with Crippen LogP contribution in [0.2, 0.25) is 0 Å². The molecule has 1 saturated carbocycles. The van der Waals surface area contributed by atoms with Crippen LogP contribution in [0.4, 0.5) is 11.4 Å². The summed E-state index contributed by atoms with van der Waals surface area (Å²) in [5.41, 5.74) is 3.20. The van der Waals surface area contributed by atoms with Gasteiger partial charge in [-0.15, -0.1) is 11.3 Å². The van der Waals surface area contributed by atoms with E-state index in [1.54, 1.807) is 11.3 Å². The first-order chi connectivity index (χ1) is 14.2. The number of hydrogen-bond acceptors (Lipinski definition) is 5. The van der Waals surface area contributed by atoms with Crippen LogP contribution in [-0.2, 0) is 11.3 Å². The quantitative estimate of drug-likeness (QED) is 0.697. The number of nitrogens with zero attached hydrogens (tertiary/aromatic N) is 2. The van der Waals surface area contributed by atoms with E-state index in [-0.39, 0.29) is 11.8 Å². The number of rotatable bonds is 6. The van der Waals surface area contributed by atoms with Crippen LogP contribution in [0.1, 0.15) is 55.6 Å². The Balaban J connectivity index is 1.22. The van der Waals surface area contributed by atoms with Crippen LogP contribution in [-0.4, -0.2) is 34.9 Å². The number of aryl methyl sites for hydroxylation is 1. The molecule has 0 spiro atoms. The van der Waals surface area contributed by atoms with Crippen LogP contribution >= 0.6 is 11.3 Å². The minimum absolute atomic E-state index is 0.100. The van der Waals surface area contributed by atoms with Crippen molar-refractivity contribution in [2.75, 3.05) is 23.7 Å². The predicted octanol–water partition coefficient (Wildman–Crippen LogP) is 5.05. The summed E-state index contributed by atoms with van der Waals surface area (Å²) in [4.78, 5) is 19.6. The highest BCUT2D eigenvalue weighted by molar-refractivity contribution is 7.09. The highest BCUT2D eigenvalue weighted by Gasteiger charge is 2.25. The standard InChI is InChI=1S/C23H32N4OS/c1-17-24-22(16-29-17)15-27-13-11-18(12-14-27)23(28)26-21-9-7-20(8-10-21)25-19-5-3-2-4-6-19/h7-10,16,18-19,25H,2-6,11-15H2,1H3,(H,26,28). The zero-order chi connectivity index (χ0) is 20.1. The van der Waals surface area contributed by atoms with Gasteiger partial charge >= 0.3 is 0 Å². The van der Waals surface area contributed by atoms with Crippen molar-refractivity contribution in [2.45, 2.75) is 64.5 Å². The van der Waals surface area contributed by atoms with Crippen LogP contribution in [0.3, 0.4) is 0 Å². The Morgan fingerprint density at radius 3 is 2.41 bits per heavy atom. The van der Waals surface area contributed by atoms with E-state index in [0.29, 0.717) is 6.04 Å². The normalized spacial score (nSPS) is 19.2. The van der Waals surface area contributed by atoms with Crippen molar-refractivity contribution >= 4 is 28.6 Å².